The van der Waals surface area contributed by atoms with Gasteiger partial charge in [0.2, 0.25) is 11.8 Å². The summed E-state index contributed by atoms with van der Waals surface area (Å²) < 4.78 is 0. The highest BCUT2D eigenvalue weighted by Gasteiger charge is 2.38. The maximum Gasteiger partial charge on any atom is 0.225 e. The number of aryl methyl sites for hydroxylation is 2. The Bertz CT molecular complexity index is 604. The zero-order chi connectivity index (χ0) is 17.8. The fourth-order valence-corrected chi connectivity index (χ4v) is 4.08. The summed E-state index contributed by atoms with van der Waals surface area (Å²) in [5.74, 6) is 0.784. The molecule has 2 aliphatic rings. The van der Waals surface area contributed by atoms with E-state index in [-0.39, 0.29) is 17.7 Å². The molecule has 1 aromatic rings. The minimum atomic E-state index is -0.178. The van der Waals surface area contributed by atoms with E-state index >= 15 is 0 Å². The quantitative estimate of drug-likeness (QED) is 0.775. The summed E-state index contributed by atoms with van der Waals surface area (Å²) >= 11 is 0. The number of amides is 2. The Morgan fingerprint density at radius 1 is 1.36 bits per heavy atom. The van der Waals surface area contributed by atoms with Crippen molar-refractivity contribution in [1.29, 1.82) is 0 Å². The van der Waals surface area contributed by atoms with Crippen molar-refractivity contribution < 1.29 is 9.59 Å². The summed E-state index contributed by atoms with van der Waals surface area (Å²) in [7, 11) is 0. The fraction of sp³-hybridized carbons (Fsp3) is 0.737. The van der Waals surface area contributed by atoms with Gasteiger partial charge in [-0.25, -0.2) is 0 Å². The van der Waals surface area contributed by atoms with Crippen molar-refractivity contribution >= 4 is 11.8 Å². The van der Waals surface area contributed by atoms with Crippen LogP contribution in [0, 0.1) is 18.8 Å². The molecule has 0 unspecified atom stereocenters. The van der Waals surface area contributed by atoms with Gasteiger partial charge in [-0.05, 0) is 56.9 Å². The number of nitrogens with one attached hydrogen (secondary N) is 2. The van der Waals surface area contributed by atoms with Gasteiger partial charge in [-0.15, -0.1) is 0 Å². The van der Waals surface area contributed by atoms with Gasteiger partial charge in [0.1, 0.15) is 0 Å². The highest BCUT2D eigenvalue weighted by molar-refractivity contribution is 5.89. The predicted octanol–water partition coefficient (Wildman–Crippen LogP) is 2.19. The first-order valence-corrected chi connectivity index (χ1v) is 9.60. The van der Waals surface area contributed by atoms with Gasteiger partial charge < -0.3 is 10.2 Å². The molecule has 2 N–H and O–H groups in total. The average Bonchev–Trinajstić information content (AvgIpc) is 3.18. The van der Waals surface area contributed by atoms with Crippen molar-refractivity contribution in [1.82, 2.24) is 20.4 Å². The number of nitrogens with zero attached hydrogens (tertiary/aromatic N) is 2. The van der Waals surface area contributed by atoms with Crippen molar-refractivity contribution in [2.45, 2.75) is 64.8 Å². The lowest BCUT2D eigenvalue weighted by Crippen LogP contribution is -2.40. The van der Waals surface area contributed by atoms with Crippen LogP contribution in [0.2, 0.25) is 0 Å². The molecule has 6 heteroatoms. The summed E-state index contributed by atoms with van der Waals surface area (Å²) in [6, 6.07) is 0.352. The Hall–Kier alpha value is -1.85. The van der Waals surface area contributed by atoms with Gasteiger partial charge in [-0.3, -0.25) is 14.7 Å². The number of carbonyl (C=O) groups excluding carboxylic acids is 2. The van der Waals surface area contributed by atoms with Crippen molar-refractivity contribution in [2.24, 2.45) is 11.8 Å². The van der Waals surface area contributed by atoms with Crippen LogP contribution >= 0.6 is 0 Å². The van der Waals surface area contributed by atoms with E-state index < -0.39 is 0 Å². The van der Waals surface area contributed by atoms with Gasteiger partial charge in [-0.2, -0.15) is 5.10 Å². The highest BCUT2D eigenvalue weighted by atomic mass is 16.2. The molecule has 1 aliphatic carbocycles. The Morgan fingerprint density at radius 3 is 2.80 bits per heavy atom. The Morgan fingerprint density at radius 2 is 2.12 bits per heavy atom. The van der Waals surface area contributed by atoms with Crippen molar-refractivity contribution in [3.05, 3.63) is 17.5 Å². The molecule has 1 atom stereocenters. The Balaban J connectivity index is 1.41. The van der Waals surface area contributed by atoms with E-state index in [0.29, 0.717) is 25.6 Å². The maximum atomic E-state index is 12.4. The van der Waals surface area contributed by atoms with Gasteiger partial charge in [0, 0.05) is 31.2 Å². The van der Waals surface area contributed by atoms with E-state index in [1.807, 2.05) is 18.0 Å². The molecule has 0 aromatic carbocycles. The van der Waals surface area contributed by atoms with Gasteiger partial charge >= 0.3 is 0 Å². The number of rotatable bonds is 6. The monoisotopic (exact) mass is 346 g/mol. The van der Waals surface area contributed by atoms with Crippen molar-refractivity contribution in [3.8, 4) is 0 Å². The van der Waals surface area contributed by atoms with E-state index in [1.54, 1.807) is 0 Å². The van der Waals surface area contributed by atoms with E-state index in [4.69, 9.17) is 0 Å². The minimum absolute atomic E-state index is 0.0314. The first kappa shape index (κ1) is 18.0. The van der Waals surface area contributed by atoms with Crippen molar-refractivity contribution in [3.63, 3.8) is 0 Å². The number of aromatic nitrogens is 2. The molecule has 0 spiro atoms. The summed E-state index contributed by atoms with van der Waals surface area (Å²) in [6.07, 6.45) is 8.57. The zero-order valence-electron chi connectivity index (χ0n) is 15.4. The Kier molecular flexibility index (Phi) is 5.76. The number of likely N-dealkylation sites (tertiary alicyclic amines) is 1. The van der Waals surface area contributed by atoms with E-state index in [9.17, 15) is 9.59 Å². The first-order chi connectivity index (χ1) is 12.0. The number of hydrogen-bond donors (Lipinski definition) is 2. The molecule has 1 aliphatic heterocycles. The third kappa shape index (κ3) is 4.41. The van der Waals surface area contributed by atoms with E-state index in [0.717, 1.165) is 37.3 Å². The zero-order valence-corrected chi connectivity index (χ0v) is 15.4. The lowest BCUT2D eigenvalue weighted by molar-refractivity contribution is -0.130. The third-order valence-corrected chi connectivity index (χ3v) is 5.81. The van der Waals surface area contributed by atoms with Crippen LogP contribution in [-0.2, 0) is 16.0 Å². The SMILES string of the molecule is Cc1[nH]ncc1CCCNC(=O)[C@@H]1CC(=O)N(C2CCC(C)CC2)C1. The number of carbonyl (C=O) groups is 2. The molecule has 6 nitrogen and oxygen atoms in total. The lowest BCUT2D eigenvalue weighted by Gasteiger charge is -2.33. The van der Waals surface area contributed by atoms with Gasteiger partial charge in [0.25, 0.3) is 0 Å². The van der Waals surface area contributed by atoms with Crippen LogP contribution in [0.1, 0.15) is 56.7 Å². The normalized spacial score (nSPS) is 26.9. The molecule has 1 saturated carbocycles. The molecule has 3 rings (SSSR count). The van der Waals surface area contributed by atoms with Crippen LogP contribution in [0.15, 0.2) is 6.20 Å². The molecule has 0 bridgehead atoms. The molecule has 1 aromatic heterocycles. The second-order valence-electron chi connectivity index (χ2n) is 7.78. The highest BCUT2D eigenvalue weighted by Crippen LogP contribution is 2.31. The summed E-state index contributed by atoms with van der Waals surface area (Å²) in [4.78, 5) is 26.7. The molecule has 2 amide bonds. The minimum Gasteiger partial charge on any atom is -0.356 e. The number of aromatic amines is 1. The average molecular weight is 346 g/mol. The molecule has 25 heavy (non-hydrogen) atoms. The first-order valence-electron chi connectivity index (χ1n) is 9.60. The molecule has 2 heterocycles. The molecule has 0 radical (unpaired) electrons. The predicted molar refractivity (Wildman–Crippen MR) is 95.9 cm³/mol. The van der Waals surface area contributed by atoms with Crippen LogP contribution < -0.4 is 5.32 Å². The van der Waals surface area contributed by atoms with Gasteiger partial charge in [0.15, 0.2) is 0 Å². The molecular formula is C19H30N4O2. The van der Waals surface area contributed by atoms with Gasteiger partial charge in [-0.1, -0.05) is 6.92 Å². The largest absolute Gasteiger partial charge is 0.356 e. The molecule has 1 saturated heterocycles. The number of H-pyrrole nitrogens is 1. The van der Waals surface area contributed by atoms with Crippen LogP contribution in [-0.4, -0.2) is 46.0 Å². The molecule has 138 valence electrons. The summed E-state index contributed by atoms with van der Waals surface area (Å²) in [6.45, 7) is 5.54. The van der Waals surface area contributed by atoms with E-state index in [1.165, 1.54) is 18.4 Å². The fourth-order valence-electron chi connectivity index (χ4n) is 4.08. The number of hydrogen-bond acceptors (Lipinski definition) is 3. The smallest absolute Gasteiger partial charge is 0.225 e. The van der Waals surface area contributed by atoms with Gasteiger partial charge in [0.05, 0.1) is 12.1 Å². The second-order valence-corrected chi connectivity index (χ2v) is 7.78. The second kappa shape index (κ2) is 8.02. The Labute approximate surface area is 149 Å². The van der Waals surface area contributed by atoms with Crippen LogP contribution in [0.5, 0.6) is 0 Å². The standard InChI is InChI=1S/C19H30N4O2/c1-13-5-7-17(8-6-13)23-12-16(10-18(23)24)19(25)20-9-3-4-15-11-21-22-14(15)2/h11,13,16-17H,3-10,12H2,1-2H3,(H,20,25)(H,21,22)/t13?,16-,17?/m1/s1. The third-order valence-electron chi connectivity index (χ3n) is 5.81. The lowest BCUT2D eigenvalue weighted by atomic mass is 9.87. The maximum absolute atomic E-state index is 12.4. The topological polar surface area (TPSA) is 78.1 Å². The van der Waals surface area contributed by atoms with Crippen LogP contribution in [0.4, 0.5) is 0 Å². The summed E-state index contributed by atoms with van der Waals surface area (Å²) in [5.41, 5.74) is 2.29. The molecule has 2 fully saturated rings. The summed E-state index contributed by atoms with van der Waals surface area (Å²) in [5, 5.41) is 9.94. The van der Waals surface area contributed by atoms with Crippen molar-refractivity contribution in [2.75, 3.05) is 13.1 Å². The van der Waals surface area contributed by atoms with Crippen LogP contribution in [0.3, 0.4) is 0 Å². The van der Waals surface area contributed by atoms with E-state index in [2.05, 4.69) is 22.4 Å². The molecular weight excluding hydrogens is 316 g/mol. The van der Waals surface area contributed by atoms with Crippen LogP contribution in [0.25, 0.3) is 0 Å².